The molecule has 1 heterocycles. The number of aromatic nitrogens is 1. The third-order valence-electron chi connectivity index (χ3n) is 2.05. The van der Waals surface area contributed by atoms with E-state index in [0.29, 0.717) is 6.04 Å². The second-order valence-corrected chi connectivity index (χ2v) is 3.87. The zero-order valence-electron chi connectivity index (χ0n) is 10.6. The molecule has 1 aromatic rings. The molecule has 0 aromatic carbocycles. The number of hydrogen-bond acceptors (Lipinski definition) is 2. The number of hydrogen-bond donors (Lipinski definition) is 2. The summed E-state index contributed by atoms with van der Waals surface area (Å²) in [5.74, 6) is 0.839. The van der Waals surface area contributed by atoms with Crippen molar-refractivity contribution in [2.45, 2.75) is 26.3 Å². The second-order valence-electron chi connectivity index (χ2n) is 3.87. The summed E-state index contributed by atoms with van der Waals surface area (Å²) in [4.78, 5) is 8.40. The first-order valence-electron chi connectivity index (χ1n) is 5.59. The van der Waals surface area contributed by atoms with Crippen molar-refractivity contribution in [3.8, 4) is 0 Å². The lowest BCUT2D eigenvalue weighted by Crippen LogP contribution is -2.41. The Morgan fingerprint density at radius 1 is 1.41 bits per heavy atom. The van der Waals surface area contributed by atoms with Crippen molar-refractivity contribution in [1.29, 1.82) is 0 Å². The Bertz CT molecular complexity index is 325. The van der Waals surface area contributed by atoms with Crippen LogP contribution >= 0.6 is 24.0 Å². The van der Waals surface area contributed by atoms with Crippen LogP contribution < -0.4 is 10.6 Å². The Hall–Kier alpha value is -0.850. The van der Waals surface area contributed by atoms with Gasteiger partial charge in [-0.05, 0) is 26.0 Å². The minimum absolute atomic E-state index is 0. The van der Waals surface area contributed by atoms with Gasteiger partial charge in [0.05, 0.1) is 0 Å². The van der Waals surface area contributed by atoms with Crippen LogP contribution in [-0.4, -0.2) is 30.6 Å². The van der Waals surface area contributed by atoms with Gasteiger partial charge in [-0.2, -0.15) is 0 Å². The lowest BCUT2D eigenvalue weighted by atomic mass is 10.3. The van der Waals surface area contributed by atoms with Gasteiger partial charge in [0.2, 0.25) is 0 Å². The SMILES string of the molecule is CN=C(NCCc1ccccn1)NC(C)C.I. The number of pyridine rings is 1. The van der Waals surface area contributed by atoms with Crippen LogP contribution in [-0.2, 0) is 6.42 Å². The van der Waals surface area contributed by atoms with E-state index in [2.05, 4.69) is 34.5 Å². The Labute approximate surface area is 120 Å². The highest BCUT2D eigenvalue weighted by Crippen LogP contribution is 1.92. The van der Waals surface area contributed by atoms with E-state index >= 15 is 0 Å². The van der Waals surface area contributed by atoms with Gasteiger partial charge in [-0.25, -0.2) is 0 Å². The van der Waals surface area contributed by atoms with Crippen LogP contribution in [0.3, 0.4) is 0 Å². The average Bonchev–Trinajstić information content (AvgIpc) is 2.28. The van der Waals surface area contributed by atoms with Gasteiger partial charge in [0.1, 0.15) is 0 Å². The minimum atomic E-state index is 0. The van der Waals surface area contributed by atoms with Crippen molar-refractivity contribution in [2.75, 3.05) is 13.6 Å². The molecule has 0 aliphatic rings. The second kappa shape index (κ2) is 9.21. The minimum Gasteiger partial charge on any atom is -0.356 e. The zero-order chi connectivity index (χ0) is 11.8. The maximum atomic E-state index is 4.26. The number of halogens is 1. The van der Waals surface area contributed by atoms with Gasteiger partial charge in [-0.3, -0.25) is 9.98 Å². The summed E-state index contributed by atoms with van der Waals surface area (Å²) >= 11 is 0. The fourth-order valence-corrected chi connectivity index (χ4v) is 1.32. The van der Waals surface area contributed by atoms with E-state index < -0.39 is 0 Å². The third kappa shape index (κ3) is 7.14. The lowest BCUT2D eigenvalue weighted by Gasteiger charge is -2.14. The van der Waals surface area contributed by atoms with Gasteiger partial charge in [0, 0.05) is 37.9 Å². The first-order chi connectivity index (χ1) is 7.72. The molecule has 0 saturated carbocycles. The molecule has 0 amide bonds. The third-order valence-corrected chi connectivity index (χ3v) is 2.05. The van der Waals surface area contributed by atoms with Crippen LogP contribution in [0.4, 0.5) is 0 Å². The van der Waals surface area contributed by atoms with Crippen molar-refractivity contribution in [2.24, 2.45) is 4.99 Å². The molecule has 0 aliphatic carbocycles. The summed E-state index contributed by atoms with van der Waals surface area (Å²) in [6.45, 7) is 5.01. The molecule has 0 bridgehead atoms. The van der Waals surface area contributed by atoms with Crippen molar-refractivity contribution < 1.29 is 0 Å². The molecule has 0 saturated heterocycles. The normalized spacial score (nSPS) is 10.9. The average molecular weight is 348 g/mol. The van der Waals surface area contributed by atoms with Gasteiger partial charge in [0.25, 0.3) is 0 Å². The molecule has 1 aromatic heterocycles. The van der Waals surface area contributed by atoms with Crippen LogP contribution in [0.25, 0.3) is 0 Å². The fraction of sp³-hybridized carbons (Fsp3) is 0.500. The number of nitrogens with zero attached hydrogens (tertiary/aromatic N) is 2. The predicted molar refractivity (Wildman–Crippen MR) is 83.0 cm³/mol. The number of guanidine groups is 1. The van der Waals surface area contributed by atoms with E-state index in [9.17, 15) is 0 Å². The molecular weight excluding hydrogens is 327 g/mol. The topological polar surface area (TPSA) is 49.3 Å². The largest absolute Gasteiger partial charge is 0.356 e. The van der Waals surface area contributed by atoms with E-state index in [1.54, 1.807) is 7.05 Å². The van der Waals surface area contributed by atoms with Gasteiger partial charge in [-0.15, -0.1) is 24.0 Å². The van der Waals surface area contributed by atoms with Crippen LogP contribution in [0.5, 0.6) is 0 Å². The summed E-state index contributed by atoms with van der Waals surface area (Å²) in [7, 11) is 1.78. The Kier molecular flexibility index (Phi) is 8.75. The first kappa shape index (κ1) is 16.1. The van der Waals surface area contributed by atoms with E-state index in [-0.39, 0.29) is 24.0 Å². The summed E-state index contributed by atoms with van der Waals surface area (Å²) in [5.41, 5.74) is 1.09. The van der Waals surface area contributed by atoms with Crippen LogP contribution in [0.2, 0.25) is 0 Å². The Morgan fingerprint density at radius 3 is 2.71 bits per heavy atom. The first-order valence-corrected chi connectivity index (χ1v) is 5.59. The maximum absolute atomic E-state index is 4.26. The van der Waals surface area contributed by atoms with Gasteiger partial charge in [0.15, 0.2) is 5.96 Å². The summed E-state index contributed by atoms with van der Waals surface area (Å²) < 4.78 is 0. The molecule has 96 valence electrons. The highest BCUT2D eigenvalue weighted by Gasteiger charge is 1.99. The van der Waals surface area contributed by atoms with Crippen molar-refractivity contribution in [3.05, 3.63) is 30.1 Å². The number of rotatable bonds is 4. The molecule has 1 rings (SSSR count). The van der Waals surface area contributed by atoms with E-state index in [0.717, 1.165) is 24.6 Å². The molecule has 0 radical (unpaired) electrons. The molecule has 0 unspecified atom stereocenters. The highest BCUT2D eigenvalue weighted by molar-refractivity contribution is 14.0. The Morgan fingerprint density at radius 2 is 2.18 bits per heavy atom. The quantitative estimate of drug-likeness (QED) is 0.496. The van der Waals surface area contributed by atoms with Crippen molar-refractivity contribution >= 4 is 29.9 Å². The molecule has 0 atom stereocenters. The van der Waals surface area contributed by atoms with Crippen LogP contribution in [0.1, 0.15) is 19.5 Å². The van der Waals surface area contributed by atoms with Crippen molar-refractivity contribution in [3.63, 3.8) is 0 Å². The monoisotopic (exact) mass is 348 g/mol. The maximum Gasteiger partial charge on any atom is 0.191 e. The fourth-order valence-electron chi connectivity index (χ4n) is 1.32. The van der Waals surface area contributed by atoms with Crippen LogP contribution in [0, 0.1) is 0 Å². The lowest BCUT2D eigenvalue weighted by molar-refractivity contribution is 0.696. The molecule has 4 nitrogen and oxygen atoms in total. The Balaban J connectivity index is 0.00000256. The van der Waals surface area contributed by atoms with Gasteiger partial charge >= 0.3 is 0 Å². The molecule has 0 aliphatic heterocycles. The highest BCUT2D eigenvalue weighted by atomic mass is 127. The van der Waals surface area contributed by atoms with E-state index in [4.69, 9.17) is 0 Å². The van der Waals surface area contributed by atoms with Crippen molar-refractivity contribution in [1.82, 2.24) is 15.6 Å². The van der Waals surface area contributed by atoms with E-state index in [1.165, 1.54) is 0 Å². The number of aliphatic imine (C=N–C) groups is 1. The number of nitrogens with one attached hydrogen (secondary N) is 2. The van der Waals surface area contributed by atoms with Crippen LogP contribution in [0.15, 0.2) is 29.4 Å². The molecule has 0 spiro atoms. The summed E-state index contributed by atoms with van der Waals surface area (Å²) in [6.07, 6.45) is 2.72. The summed E-state index contributed by atoms with van der Waals surface area (Å²) in [6, 6.07) is 6.35. The predicted octanol–water partition coefficient (Wildman–Crippen LogP) is 1.82. The van der Waals surface area contributed by atoms with E-state index in [1.807, 2.05) is 24.4 Å². The standard InChI is InChI=1S/C12H20N4.HI/c1-10(2)16-12(13-3)15-9-7-11-6-4-5-8-14-11;/h4-6,8,10H,7,9H2,1-3H3,(H2,13,15,16);1H. The van der Waals surface area contributed by atoms with Gasteiger partial charge in [-0.1, -0.05) is 6.07 Å². The molecule has 17 heavy (non-hydrogen) atoms. The molecule has 0 fully saturated rings. The zero-order valence-corrected chi connectivity index (χ0v) is 12.9. The summed E-state index contributed by atoms with van der Waals surface area (Å²) in [5, 5.41) is 6.48. The van der Waals surface area contributed by atoms with Gasteiger partial charge < -0.3 is 10.6 Å². The molecule has 2 N–H and O–H groups in total. The molecular formula is C12H21IN4. The molecule has 5 heteroatoms. The smallest absolute Gasteiger partial charge is 0.191 e.